The lowest BCUT2D eigenvalue weighted by Gasteiger charge is -2.12. The number of anilines is 1. The largest absolute Gasteiger partial charge is 0.381 e. The summed E-state index contributed by atoms with van der Waals surface area (Å²) in [5, 5.41) is 11.7. The highest BCUT2D eigenvalue weighted by Gasteiger charge is 2.14. The minimum absolute atomic E-state index is 0.0559. The van der Waals surface area contributed by atoms with Gasteiger partial charge in [0.05, 0.1) is 17.7 Å². The molecule has 0 aliphatic carbocycles. The van der Waals surface area contributed by atoms with E-state index in [2.05, 4.69) is 11.4 Å². The van der Waals surface area contributed by atoms with E-state index in [1.54, 1.807) is 24.3 Å². The Bertz CT molecular complexity index is 636. The van der Waals surface area contributed by atoms with Crippen LogP contribution in [0.1, 0.15) is 11.5 Å². The van der Waals surface area contributed by atoms with Crippen molar-refractivity contribution in [2.24, 2.45) is 0 Å². The van der Waals surface area contributed by atoms with E-state index in [0.717, 1.165) is 11.6 Å². The number of nitrogens with zero attached hydrogens (tertiary/aromatic N) is 1. The monoisotopic (exact) mass is 276 g/mol. The molecule has 2 aromatic rings. The Labute approximate surface area is 114 Å². The summed E-state index contributed by atoms with van der Waals surface area (Å²) in [5.41, 5.74) is 0.457. The first kappa shape index (κ1) is 13.9. The molecule has 1 N–H and O–H groups in total. The van der Waals surface area contributed by atoms with Crippen molar-refractivity contribution in [1.29, 1.82) is 5.26 Å². The fourth-order valence-electron chi connectivity index (χ4n) is 1.82. The molecule has 0 amide bonds. The normalized spacial score (nSPS) is 11.7. The summed E-state index contributed by atoms with van der Waals surface area (Å²) in [6.45, 7) is 0.0559. The first-order valence-electron chi connectivity index (χ1n) is 5.95. The van der Waals surface area contributed by atoms with Gasteiger partial charge in [0.15, 0.2) is 11.6 Å². The predicted octanol–water partition coefficient (Wildman–Crippen LogP) is 3.82. The van der Waals surface area contributed by atoms with Gasteiger partial charge in [-0.2, -0.15) is 5.26 Å². The van der Waals surface area contributed by atoms with Gasteiger partial charge in [0.2, 0.25) is 0 Å². The molecular formula is C15H11F3N2. The Kier molecular flexibility index (Phi) is 4.26. The summed E-state index contributed by atoms with van der Waals surface area (Å²) in [6, 6.07) is 12.3. The van der Waals surface area contributed by atoms with Crippen molar-refractivity contribution in [3.8, 4) is 6.07 Å². The maximum absolute atomic E-state index is 13.5. The summed E-state index contributed by atoms with van der Waals surface area (Å²) < 4.78 is 39.5. The number of nitriles is 1. The van der Waals surface area contributed by atoms with Crippen molar-refractivity contribution in [2.45, 2.75) is 5.92 Å². The first-order chi connectivity index (χ1) is 9.61. The van der Waals surface area contributed by atoms with E-state index in [-0.39, 0.29) is 12.2 Å². The van der Waals surface area contributed by atoms with Crippen LogP contribution in [0, 0.1) is 28.8 Å². The number of benzene rings is 2. The lowest BCUT2D eigenvalue weighted by molar-refractivity contribution is 0.497. The molecule has 2 rings (SSSR count). The predicted molar refractivity (Wildman–Crippen MR) is 69.6 cm³/mol. The molecule has 1 unspecified atom stereocenters. The van der Waals surface area contributed by atoms with Crippen molar-refractivity contribution in [1.82, 2.24) is 0 Å². The summed E-state index contributed by atoms with van der Waals surface area (Å²) in [5.74, 6) is -3.83. The molecule has 0 heterocycles. The van der Waals surface area contributed by atoms with E-state index in [1.807, 2.05) is 6.07 Å². The third-order valence-corrected chi connectivity index (χ3v) is 2.85. The Morgan fingerprint density at radius 3 is 2.45 bits per heavy atom. The Morgan fingerprint density at radius 1 is 1.10 bits per heavy atom. The molecular weight excluding hydrogens is 265 g/mol. The SMILES string of the molecule is N#CC(CNc1cc(F)cc(F)c1F)c1ccccc1. The van der Waals surface area contributed by atoms with Crippen LogP contribution in [-0.2, 0) is 0 Å². The molecule has 102 valence electrons. The molecule has 2 aromatic carbocycles. The summed E-state index contributed by atoms with van der Waals surface area (Å²) >= 11 is 0. The van der Waals surface area contributed by atoms with Crippen molar-refractivity contribution in [3.05, 3.63) is 65.5 Å². The van der Waals surface area contributed by atoms with Gasteiger partial charge < -0.3 is 5.32 Å². The topological polar surface area (TPSA) is 35.8 Å². The number of nitrogens with one attached hydrogen (secondary N) is 1. The summed E-state index contributed by atoms with van der Waals surface area (Å²) in [7, 11) is 0. The maximum atomic E-state index is 13.5. The van der Waals surface area contributed by atoms with Crippen LogP contribution in [0.4, 0.5) is 18.9 Å². The van der Waals surface area contributed by atoms with Gasteiger partial charge in [0.1, 0.15) is 5.82 Å². The lowest BCUT2D eigenvalue weighted by Crippen LogP contribution is -2.12. The van der Waals surface area contributed by atoms with Gasteiger partial charge >= 0.3 is 0 Å². The van der Waals surface area contributed by atoms with Gasteiger partial charge in [-0.1, -0.05) is 30.3 Å². The Morgan fingerprint density at radius 2 is 1.80 bits per heavy atom. The Hall–Kier alpha value is -2.48. The zero-order valence-electron chi connectivity index (χ0n) is 10.4. The fraction of sp³-hybridized carbons (Fsp3) is 0.133. The zero-order valence-corrected chi connectivity index (χ0v) is 10.4. The minimum atomic E-state index is -1.26. The molecule has 0 saturated carbocycles. The third-order valence-electron chi connectivity index (χ3n) is 2.85. The van der Waals surface area contributed by atoms with Crippen LogP contribution in [0.25, 0.3) is 0 Å². The summed E-state index contributed by atoms with van der Waals surface area (Å²) in [4.78, 5) is 0. The van der Waals surface area contributed by atoms with Crippen molar-refractivity contribution in [2.75, 3.05) is 11.9 Å². The quantitative estimate of drug-likeness (QED) is 0.862. The molecule has 0 aliphatic rings. The first-order valence-corrected chi connectivity index (χ1v) is 5.95. The number of hydrogen-bond donors (Lipinski definition) is 1. The van der Waals surface area contributed by atoms with Crippen molar-refractivity contribution >= 4 is 5.69 Å². The highest BCUT2D eigenvalue weighted by Crippen LogP contribution is 2.21. The molecule has 0 spiro atoms. The number of hydrogen-bond acceptors (Lipinski definition) is 2. The number of halogens is 3. The van der Waals surface area contributed by atoms with E-state index in [1.165, 1.54) is 0 Å². The average molecular weight is 276 g/mol. The van der Waals surface area contributed by atoms with E-state index in [9.17, 15) is 13.2 Å². The van der Waals surface area contributed by atoms with Crippen LogP contribution >= 0.6 is 0 Å². The van der Waals surface area contributed by atoms with Gasteiger partial charge in [0.25, 0.3) is 0 Å². The van der Waals surface area contributed by atoms with Gasteiger partial charge in [0, 0.05) is 18.7 Å². The smallest absolute Gasteiger partial charge is 0.182 e. The maximum Gasteiger partial charge on any atom is 0.182 e. The van der Waals surface area contributed by atoms with E-state index < -0.39 is 23.4 Å². The Balaban J connectivity index is 2.14. The molecule has 1 atom stereocenters. The summed E-state index contributed by atoms with van der Waals surface area (Å²) in [6.07, 6.45) is 0. The van der Waals surface area contributed by atoms with Crippen LogP contribution in [0.3, 0.4) is 0 Å². The second kappa shape index (κ2) is 6.11. The highest BCUT2D eigenvalue weighted by atomic mass is 19.2. The van der Waals surface area contributed by atoms with E-state index in [0.29, 0.717) is 6.07 Å². The van der Waals surface area contributed by atoms with Crippen LogP contribution in [0.15, 0.2) is 42.5 Å². The second-order valence-corrected chi connectivity index (χ2v) is 4.22. The molecule has 0 saturated heterocycles. The van der Waals surface area contributed by atoms with Gasteiger partial charge in [-0.25, -0.2) is 13.2 Å². The van der Waals surface area contributed by atoms with E-state index in [4.69, 9.17) is 5.26 Å². The van der Waals surface area contributed by atoms with Crippen LogP contribution < -0.4 is 5.32 Å². The van der Waals surface area contributed by atoms with Gasteiger partial charge in [-0.15, -0.1) is 0 Å². The molecule has 0 aliphatic heterocycles. The minimum Gasteiger partial charge on any atom is -0.381 e. The molecule has 0 bridgehead atoms. The van der Waals surface area contributed by atoms with Gasteiger partial charge in [-0.3, -0.25) is 0 Å². The van der Waals surface area contributed by atoms with Crippen molar-refractivity contribution < 1.29 is 13.2 Å². The molecule has 0 fully saturated rings. The van der Waals surface area contributed by atoms with Crippen LogP contribution in [-0.4, -0.2) is 6.54 Å². The lowest BCUT2D eigenvalue weighted by atomic mass is 10.0. The standard InChI is InChI=1S/C15H11F3N2/c16-12-6-13(17)15(18)14(7-12)20-9-11(8-19)10-4-2-1-3-5-10/h1-7,11,20H,9H2. The zero-order chi connectivity index (χ0) is 14.5. The molecule has 5 heteroatoms. The number of rotatable bonds is 4. The third kappa shape index (κ3) is 3.09. The average Bonchev–Trinajstić information content (AvgIpc) is 2.45. The van der Waals surface area contributed by atoms with Crippen molar-refractivity contribution in [3.63, 3.8) is 0 Å². The molecule has 2 nitrogen and oxygen atoms in total. The fourth-order valence-corrected chi connectivity index (χ4v) is 1.82. The second-order valence-electron chi connectivity index (χ2n) is 4.22. The highest BCUT2D eigenvalue weighted by molar-refractivity contribution is 5.46. The van der Waals surface area contributed by atoms with Gasteiger partial charge in [-0.05, 0) is 5.56 Å². The molecule has 0 radical (unpaired) electrons. The van der Waals surface area contributed by atoms with Crippen LogP contribution in [0.5, 0.6) is 0 Å². The molecule has 0 aromatic heterocycles. The van der Waals surface area contributed by atoms with E-state index >= 15 is 0 Å². The van der Waals surface area contributed by atoms with Crippen LogP contribution in [0.2, 0.25) is 0 Å². The molecule has 20 heavy (non-hydrogen) atoms.